The zero-order valence-electron chi connectivity index (χ0n) is 11.5. The summed E-state index contributed by atoms with van der Waals surface area (Å²) in [5.41, 5.74) is 0.784. The number of ether oxygens (including phenoxy) is 1. The maximum Gasteiger partial charge on any atom is 0.175 e. The Hall–Kier alpha value is -1.59. The van der Waals surface area contributed by atoms with Gasteiger partial charge in [-0.3, -0.25) is 0 Å². The fourth-order valence-electron chi connectivity index (χ4n) is 1.92. The summed E-state index contributed by atoms with van der Waals surface area (Å²) in [6.07, 6.45) is 1.11. The molecule has 0 aliphatic rings. The molecule has 0 heterocycles. The number of rotatable bonds is 4. The Morgan fingerprint density at radius 2 is 1.90 bits per heavy atom. The van der Waals surface area contributed by atoms with Gasteiger partial charge in [0.05, 0.1) is 17.4 Å². The van der Waals surface area contributed by atoms with Gasteiger partial charge in [-0.25, -0.2) is 12.8 Å². The Morgan fingerprint density at radius 3 is 2.48 bits per heavy atom. The molecule has 0 saturated carbocycles. The third-order valence-electron chi connectivity index (χ3n) is 3.06. The van der Waals surface area contributed by atoms with Crippen molar-refractivity contribution in [1.29, 1.82) is 0 Å². The summed E-state index contributed by atoms with van der Waals surface area (Å²) in [4.78, 5) is 0.152. The van der Waals surface area contributed by atoms with Crippen molar-refractivity contribution in [2.24, 2.45) is 0 Å². The lowest BCUT2D eigenvalue weighted by Gasteiger charge is -2.13. The topological polar surface area (TPSA) is 43.4 Å². The number of benzene rings is 2. The van der Waals surface area contributed by atoms with Crippen molar-refractivity contribution in [3.63, 3.8) is 0 Å². The maximum atomic E-state index is 14.0. The van der Waals surface area contributed by atoms with E-state index < -0.39 is 21.0 Å². The van der Waals surface area contributed by atoms with Gasteiger partial charge in [0.15, 0.2) is 9.84 Å². The predicted molar refractivity (Wildman–Crippen MR) is 80.2 cm³/mol. The molecule has 0 fully saturated rings. The third kappa shape index (κ3) is 3.54. The van der Waals surface area contributed by atoms with Gasteiger partial charge in [0.2, 0.25) is 0 Å². The highest BCUT2D eigenvalue weighted by molar-refractivity contribution is 7.90. The number of alkyl halides is 1. The lowest BCUT2D eigenvalue weighted by atomic mass is 10.0. The number of methoxy groups -OCH3 is 1. The lowest BCUT2D eigenvalue weighted by molar-refractivity contribution is 0.410. The number of hydrogen-bond donors (Lipinski definition) is 0. The molecule has 0 aliphatic heterocycles. The van der Waals surface area contributed by atoms with E-state index in [-0.39, 0.29) is 10.5 Å². The molecular formula is C15H14ClFO3S. The zero-order valence-corrected chi connectivity index (χ0v) is 13.1. The molecule has 2 aromatic rings. The Kier molecular flexibility index (Phi) is 4.54. The van der Waals surface area contributed by atoms with E-state index in [9.17, 15) is 12.8 Å². The molecule has 0 radical (unpaired) electrons. The van der Waals surface area contributed by atoms with Crippen LogP contribution in [0.4, 0.5) is 4.39 Å². The molecule has 0 N–H and O–H groups in total. The van der Waals surface area contributed by atoms with E-state index in [0.29, 0.717) is 11.3 Å². The molecule has 0 aliphatic carbocycles. The molecular weight excluding hydrogens is 315 g/mol. The summed E-state index contributed by atoms with van der Waals surface area (Å²) in [5, 5.41) is -0.780. The van der Waals surface area contributed by atoms with E-state index in [1.54, 1.807) is 18.2 Å². The molecule has 1 unspecified atom stereocenters. The number of sulfone groups is 1. The van der Waals surface area contributed by atoms with Crippen LogP contribution in [0.5, 0.6) is 5.75 Å². The fourth-order valence-corrected chi connectivity index (χ4v) is 2.91. The van der Waals surface area contributed by atoms with Crippen molar-refractivity contribution in [1.82, 2.24) is 0 Å². The quantitative estimate of drug-likeness (QED) is 0.806. The van der Waals surface area contributed by atoms with Gasteiger partial charge in [0, 0.05) is 17.9 Å². The molecule has 0 aromatic heterocycles. The molecule has 0 amide bonds. The van der Waals surface area contributed by atoms with E-state index >= 15 is 0 Å². The largest absolute Gasteiger partial charge is 0.497 e. The first-order chi connectivity index (χ1) is 9.82. The molecule has 21 heavy (non-hydrogen) atoms. The number of halogens is 2. The predicted octanol–water partition coefficient (Wildman–Crippen LogP) is 3.57. The van der Waals surface area contributed by atoms with Crippen LogP contribution < -0.4 is 4.74 Å². The first kappa shape index (κ1) is 15.8. The molecule has 3 nitrogen and oxygen atoms in total. The van der Waals surface area contributed by atoms with Crippen LogP contribution in [0.2, 0.25) is 0 Å². The number of hydrogen-bond acceptors (Lipinski definition) is 3. The SMILES string of the molecule is COc1ccc(C(Cl)c2cccc(S(C)(=O)=O)c2)c(F)c1. The van der Waals surface area contributed by atoms with E-state index in [4.69, 9.17) is 16.3 Å². The van der Waals surface area contributed by atoms with E-state index in [2.05, 4.69) is 0 Å². The highest BCUT2D eigenvalue weighted by Gasteiger charge is 2.18. The minimum absolute atomic E-state index is 0.152. The Morgan fingerprint density at radius 1 is 1.19 bits per heavy atom. The smallest absolute Gasteiger partial charge is 0.175 e. The Balaban J connectivity index is 2.43. The highest BCUT2D eigenvalue weighted by atomic mass is 35.5. The average molecular weight is 329 g/mol. The second-order valence-corrected chi connectivity index (χ2v) is 7.05. The van der Waals surface area contributed by atoms with Crippen LogP contribution in [-0.4, -0.2) is 21.8 Å². The van der Waals surface area contributed by atoms with Gasteiger partial charge >= 0.3 is 0 Å². The van der Waals surface area contributed by atoms with Crippen LogP contribution in [-0.2, 0) is 9.84 Å². The van der Waals surface area contributed by atoms with Gasteiger partial charge in [-0.05, 0) is 23.8 Å². The van der Waals surface area contributed by atoms with Crippen molar-refractivity contribution in [2.45, 2.75) is 10.3 Å². The second kappa shape index (κ2) is 6.03. The molecule has 0 spiro atoms. The van der Waals surface area contributed by atoms with Gasteiger partial charge in [-0.15, -0.1) is 11.6 Å². The highest BCUT2D eigenvalue weighted by Crippen LogP contribution is 2.33. The van der Waals surface area contributed by atoms with Gasteiger partial charge in [0.1, 0.15) is 11.6 Å². The Labute approximate surface area is 128 Å². The van der Waals surface area contributed by atoms with Crippen molar-refractivity contribution < 1.29 is 17.5 Å². The molecule has 0 saturated heterocycles. The first-order valence-electron chi connectivity index (χ1n) is 6.10. The van der Waals surface area contributed by atoms with Crippen LogP contribution in [0.1, 0.15) is 16.5 Å². The average Bonchev–Trinajstić information content (AvgIpc) is 2.45. The zero-order chi connectivity index (χ0) is 15.6. The molecule has 112 valence electrons. The van der Waals surface area contributed by atoms with E-state index in [1.165, 1.54) is 31.4 Å². The summed E-state index contributed by atoms with van der Waals surface area (Å²) in [6, 6.07) is 10.6. The minimum Gasteiger partial charge on any atom is -0.497 e. The first-order valence-corrected chi connectivity index (χ1v) is 8.43. The van der Waals surface area contributed by atoms with E-state index in [0.717, 1.165) is 6.26 Å². The molecule has 1 atom stereocenters. The summed E-state index contributed by atoms with van der Waals surface area (Å²) in [6.45, 7) is 0. The van der Waals surface area contributed by atoms with Crippen molar-refractivity contribution in [3.8, 4) is 5.75 Å². The summed E-state index contributed by atoms with van der Waals surface area (Å²) >= 11 is 6.28. The van der Waals surface area contributed by atoms with Crippen molar-refractivity contribution >= 4 is 21.4 Å². The maximum absolute atomic E-state index is 14.0. The minimum atomic E-state index is -3.33. The van der Waals surface area contributed by atoms with Crippen LogP contribution >= 0.6 is 11.6 Å². The lowest BCUT2D eigenvalue weighted by Crippen LogP contribution is -2.01. The van der Waals surface area contributed by atoms with Gasteiger partial charge in [-0.1, -0.05) is 18.2 Å². The molecule has 2 rings (SSSR count). The van der Waals surface area contributed by atoms with Crippen LogP contribution in [0.15, 0.2) is 47.4 Å². The summed E-state index contributed by atoms with van der Waals surface area (Å²) in [7, 11) is -1.89. The second-order valence-electron chi connectivity index (χ2n) is 4.59. The monoisotopic (exact) mass is 328 g/mol. The van der Waals surface area contributed by atoms with Crippen LogP contribution in [0, 0.1) is 5.82 Å². The van der Waals surface area contributed by atoms with Gasteiger partial charge in [0.25, 0.3) is 0 Å². The third-order valence-corrected chi connectivity index (χ3v) is 4.66. The van der Waals surface area contributed by atoms with Gasteiger partial charge < -0.3 is 4.74 Å². The van der Waals surface area contributed by atoms with Crippen molar-refractivity contribution in [2.75, 3.05) is 13.4 Å². The summed E-state index contributed by atoms with van der Waals surface area (Å²) in [5.74, 6) is -0.107. The Bertz CT molecular complexity index is 759. The fraction of sp³-hybridized carbons (Fsp3) is 0.200. The standard InChI is InChI=1S/C15H14ClFO3S/c1-20-11-6-7-13(14(17)9-11)15(16)10-4-3-5-12(8-10)21(2,18)19/h3-9,15H,1-2H3. The summed E-state index contributed by atoms with van der Waals surface area (Å²) < 4.78 is 42.1. The van der Waals surface area contributed by atoms with Gasteiger partial charge in [-0.2, -0.15) is 0 Å². The van der Waals surface area contributed by atoms with Crippen LogP contribution in [0.3, 0.4) is 0 Å². The molecule has 2 aromatic carbocycles. The molecule has 0 bridgehead atoms. The normalized spacial score (nSPS) is 13.0. The van der Waals surface area contributed by atoms with Crippen LogP contribution in [0.25, 0.3) is 0 Å². The molecule has 6 heteroatoms. The van der Waals surface area contributed by atoms with E-state index in [1.807, 2.05) is 0 Å². The van der Waals surface area contributed by atoms with Crippen molar-refractivity contribution in [3.05, 3.63) is 59.4 Å².